The van der Waals surface area contributed by atoms with Crippen molar-refractivity contribution >= 4 is 44.2 Å². The first-order valence-electron chi connectivity index (χ1n) is 17.3. The molecule has 3 aromatic heterocycles. The van der Waals surface area contributed by atoms with Crippen molar-refractivity contribution in [2.45, 2.75) is 104 Å². The third-order valence-electron chi connectivity index (χ3n) is 10.4. The van der Waals surface area contributed by atoms with Crippen LogP contribution in [-0.4, -0.2) is 74.7 Å². The molecular formula is C36H48F3N7OS. The molecule has 0 unspecified atom stereocenters. The van der Waals surface area contributed by atoms with E-state index in [4.69, 9.17) is 5.73 Å². The fourth-order valence-electron chi connectivity index (χ4n) is 7.57. The van der Waals surface area contributed by atoms with Crippen LogP contribution in [0.15, 0.2) is 24.3 Å². The zero-order chi connectivity index (χ0) is 34.2. The van der Waals surface area contributed by atoms with E-state index in [9.17, 15) is 18.0 Å². The number of aromatic nitrogens is 3. The minimum atomic E-state index is -4.25. The van der Waals surface area contributed by atoms with Crippen molar-refractivity contribution < 1.29 is 18.0 Å². The average molecular weight is 684 g/mol. The number of hydrogen-bond donors (Lipinski definition) is 2. The fourth-order valence-corrected chi connectivity index (χ4v) is 8.64. The monoisotopic (exact) mass is 683 g/mol. The number of likely N-dealkylation sites (tertiary alicyclic amines) is 2. The van der Waals surface area contributed by atoms with Gasteiger partial charge in [-0.1, -0.05) is 13.0 Å². The number of nitrogens with one attached hydrogen (secondary N) is 1. The lowest BCUT2D eigenvalue weighted by molar-refractivity contribution is -0.126. The van der Waals surface area contributed by atoms with Crippen LogP contribution in [0.25, 0.3) is 21.1 Å². The molecule has 0 bridgehead atoms. The Morgan fingerprint density at radius 2 is 1.79 bits per heavy atom. The molecule has 2 fully saturated rings. The van der Waals surface area contributed by atoms with Gasteiger partial charge in [-0.15, -0.1) is 11.3 Å². The molecule has 1 amide bonds. The van der Waals surface area contributed by atoms with Gasteiger partial charge in [0.25, 0.3) is 0 Å². The molecule has 260 valence electrons. The van der Waals surface area contributed by atoms with Crippen LogP contribution < -0.4 is 11.1 Å². The van der Waals surface area contributed by atoms with E-state index >= 15 is 0 Å². The maximum absolute atomic E-state index is 13.1. The van der Waals surface area contributed by atoms with Gasteiger partial charge in [0, 0.05) is 72.6 Å². The van der Waals surface area contributed by atoms with Gasteiger partial charge in [0.1, 0.15) is 16.5 Å². The van der Waals surface area contributed by atoms with Crippen molar-refractivity contribution in [3.63, 3.8) is 0 Å². The molecule has 2 saturated heterocycles. The van der Waals surface area contributed by atoms with E-state index in [0.29, 0.717) is 46.7 Å². The lowest BCUT2D eigenvalue weighted by atomic mass is 9.92. The Morgan fingerprint density at radius 3 is 2.46 bits per heavy atom. The predicted octanol–water partition coefficient (Wildman–Crippen LogP) is 6.98. The third-order valence-corrected chi connectivity index (χ3v) is 11.4. The summed E-state index contributed by atoms with van der Waals surface area (Å²) in [5.41, 5.74) is 10.7. The number of nitrogens with two attached hydrogens (primary N) is 1. The van der Waals surface area contributed by atoms with Crippen molar-refractivity contribution in [2.75, 3.05) is 31.5 Å². The molecule has 2 aliphatic heterocycles. The largest absolute Gasteiger partial charge is 0.393 e. The summed E-state index contributed by atoms with van der Waals surface area (Å²) in [5, 5.41) is 5.57. The highest BCUT2D eigenvalue weighted by atomic mass is 32.1. The van der Waals surface area contributed by atoms with Crippen molar-refractivity contribution in [1.29, 1.82) is 0 Å². The number of primary amides is 1. The van der Waals surface area contributed by atoms with Gasteiger partial charge in [-0.25, -0.2) is 9.97 Å². The minimum Gasteiger partial charge on any atom is -0.370 e. The molecular weight excluding hydrogens is 636 g/mol. The van der Waals surface area contributed by atoms with E-state index in [1.165, 1.54) is 27.7 Å². The molecule has 1 aromatic carbocycles. The van der Waals surface area contributed by atoms with Crippen LogP contribution in [0.3, 0.4) is 0 Å². The fraction of sp³-hybridized carbons (Fsp3) is 0.583. The Morgan fingerprint density at radius 1 is 1.06 bits per heavy atom. The molecule has 0 saturated carbocycles. The van der Waals surface area contributed by atoms with Gasteiger partial charge >= 0.3 is 6.18 Å². The molecule has 4 aromatic rings. The number of thiophene rings is 1. The summed E-state index contributed by atoms with van der Waals surface area (Å²) in [6.45, 7) is 14.4. The summed E-state index contributed by atoms with van der Waals surface area (Å²) >= 11 is 1.11. The van der Waals surface area contributed by atoms with Crippen LogP contribution in [0, 0.1) is 19.8 Å². The molecule has 8 nitrogen and oxygen atoms in total. The van der Waals surface area contributed by atoms with Crippen molar-refractivity contribution in [2.24, 2.45) is 11.7 Å². The van der Waals surface area contributed by atoms with Gasteiger partial charge in [0.15, 0.2) is 0 Å². The number of halogens is 3. The molecule has 2 aliphatic rings. The van der Waals surface area contributed by atoms with E-state index in [-0.39, 0.29) is 16.8 Å². The lowest BCUT2D eigenvalue weighted by Crippen LogP contribution is -2.42. The molecule has 0 radical (unpaired) electrons. The molecule has 5 heterocycles. The van der Waals surface area contributed by atoms with Gasteiger partial charge in [0.05, 0.1) is 11.8 Å². The highest BCUT2D eigenvalue weighted by Crippen LogP contribution is 2.34. The van der Waals surface area contributed by atoms with Crippen LogP contribution in [-0.2, 0) is 30.7 Å². The maximum atomic E-state index is 13.1. The third kappa shape index (κ3) is 7.97. The Hall–Kier alpha value is -3.22. The Kier molecular flexibility index (Phi) is 10.3. The number of carbonyl (C=O) groups is 1. The second kappa shape index (κ2) is 14.3. The van der Waals surface area contributed by atoms with Crippen LogP contribution in [0.5, 0.6) is 0 Å². The highest BCUT2D eigenvalue weighted by molar-refractivity contribution is 7.18. The normalized spacial score (nSPS) is 18.2. The number of benzene rings is 1. The van der Waals surface area contributed by atoms with E-state index < -0.39 is 12.6 Å². The van der Waals surface area contributed by atoms with E-state index in [2.05, 4.69) is 68.6 Å². The van der Waals surface area contributed by atoms with E-state index in [0.717, 1.165) is 76.3 Å². The minimum absolute atomic E-state index is 0.192. The van der Waals surface area contributed by atoms with E-state index in [1.807, 2.05) is 6.92 Å². The SMILES string of the molecule is CCc1nc(NC2CCN(Cc3ccc4c(cc(C)n4C[C@H](C)N4CCC(CC(N)=O)CC4)c3C)CC2)c2cc(CC(F)(F)F)sc2n1. The first-order chi connectivity index (χ1) is 22.9. The van der Waals surface area contributed by atoms with Crippen molar-refractivity contribution in [3.05, 3.63) is 51.8 Å². The van der Waals surface area contributed by atoms with Gasteiger partial charge < -0.3 is 15.6 Å². The predicted molar refractivity (Wildman–Crippen MR) is 187 cm³/mol. The number of anilines is 1. The number of nitrogens with zero attached hydrogens (tertiary/aromatic N) is 5. The summed E-state index contributed by atoms with van der Waals surface area (Å²) in [6.07, 6.45) is -0.151. The van der Waals surface area contributed by atoms with Crippen molar-refractivity contribution in [1.82, 2.24) is 24.3 Å². The van der Waals surface area contributed by atoms with Crippen LogP contribution >= 0.6 is 11.3 Å². The molecule has 6 rings (SSSR count). The Balaban J connectivity index is 1.07. The van der Waals surface area contributed by atoms with Gasteiger partial charge in [-0.05, 0) is 94.8 Å². The first kappa shape index (κ1) is 34.6. The molecule has 0 spiro atoms. The van der Waals surface area contributed by atoms with Crippen LogP contribution in [0.1, 0.15) is 73.5 Å². The van der Waals surface area contributed by atoms with Gasteiger partial charge in [0.2, 0.25) is 5.91 Å². The summed E-state index contributed by atoms with van der Waals surface area (Å²) in [4.78, 5) is 26.5. The number of piperidine rings is 2. The topological polar surface area (TPSA) is 92.3 Å². The summed E-state index contributed by atoms with van der Waals surface area (Å²) in [6, 6.07) is 9.11. The maximum Gasteiger partial charge on any atom is 0.393 e. The highest BCUT2D eigenvalue weighted by Gasteiger charge is 2.30. The zero-order valence-electron chi connectivity index (χ0n) is 28.5. The van der Waals surface area contributed by atoms with Crippen LogP contribution in [0.2, 0.25) is 0 Å². The Bertz CT molecular complexity index is 1750. The molecule has 0 aliphatic carbocycles. The summed E-state index contributed by atoms with van der Waals surface area (Å²) in [7, 11) is 0. The number of amides is 1. The number of aryl methyl sites for hydroxylation is 3. The first-order valence-corrected chi connectivity index (χ1v) is 18.1. The number of rotatable bonds is 11. The summed E-state index contributed by atoms with van der Waals surface area (Å²) < 4.78 is 41.7. The number of carbonyl (C=O) groups excluding carboxylic acids is 1. The number of alkyl halides is 3. The Labute approximate surface area is 284 Å². The lowest BCUT2D eigenvalue weighted by Gasteiger charge is -2.36. The molecule has 3 N–H and O–H groups in total. The number of fused-ring (bicyclic) bond motifs is 2. The van der Waals surface area contributed by atoms with E-state index in [1.54, 1.807) is 6.07 Å². The standard InChI is InChI=1S/C36H48F3N7OS/c1-5-33-42-34(30-18-28(19-36(37,38)39)48-35(30)43-33)41-27-10-12-44(13-11-27)21-26-6-7-31-29(24(26)4)16-22(2)46(31)20-23(3)45-14-8-25(9-15-45)17-32(40)47/h6-7,16,18,23,25,27H,5,8-15,17,19-21H2,1-4H3,(H2,40,47)(H,41,42,43)/t23-/m0/s1. The quantitative estimate of drug-likeness (QED) is 0.177. The summed E-state index contributed by atoms with van der Waals surface area (Å²) in [5.74, 6) is 1.52. The smallest absolute Gasteiger partial charge is 0.370 e. The van der Waals surface area contributed by atoms with Crippen molar-refractivity contribution in [3.8, 4) is 0 Å². The zero-order valence-corrected chi connectivity index (χ0v) is 29.3. The molecule has 1 atom stereocenters. The molecule has 12 heteroatoms. The second-order valence-electron chi connectivity index (χ2n) is 13.9. The number of hydrogen-bond acceptors (Lipinski definition) is 7. The van der Waals surface area contributed by atoms with Gasteiger partial charge in [-0.3, -0.25) is 14.6 Å². The molecule has 48 heavy (non-hydrogen) atoms. The van der Waals surface area contributed by atoms with Crippen LogP contribution in [0.4, 0.5) is 19.0 Å². The van der Waals surface area contributed by atoms with Gasteiger partial charge in [-0.2, -0.15) is 13.2 Å². The average Bonchev–Trinajstić information content (AvgIpc) is 3.58. The second-order valence-corrected chi connectivity index (χ2v) is 15.1.